The van der Waals surface area contributed by atoms with E-state index in [1.807, 2.05) is 43.4 Å². The number of piperidine rings is 1. The molecule has 2 saturated heterocycles. The summed E-state index contributed by atoms with van der Waals surface area (Å²) in [4.78, 5) is 22.0. The molecule has 1 aromatic carbocycles. The lowest BCUT2D eigenvalue weighted by Gasteiger charge is -2.28. The zero-order valence-electron chi connectivity index (χ0n) is 17.1. The van der Waals surface area contributed by atoms with Gasteiger partial charge in [0.05, 0.1) is 23.9 Å². The lowest BCUT2D eigenvalue weighted by Crippen LogP contribution is -2.37. The molecule has 0 bridgehead atoms. The van der Waals surface area contributed by atoms with Crippen LogP contribution in [0.3, 0.4) is 0 Å². The van der Waals surface area contributed by atoms with E-state index in [9.17, 15) is 4.79 Å². The van der Waals surface area contributed by atoms with Crippen molar-refractivity contribution < 1.29 is 14.3 Å². The first kappa shape index (κ1) is 18.5. The van der Waals surface area contributed by atoms with Crippen LogP contribution in [0, 0.1) is 5.92 Å². The van der Waals surface area contributed by atoms with Gasteiger partial charge in [-0.2, -0.15) is 0 Å². The lowest BCUT2D eigenvalue weighted by molar-refractivity contribution is -0.131. The number of hydrogen-bond donors (Lipinski definition) is 0. The fourth-order valence-corrected chi connectivity index (χ4v) is 4.91. The average Bonchev–Trinajstić information content (AvgIpc) is 3.42. The highest BCUT2D eigenvalue weighted by molar-refractivity contribution is 5.81. The van der Waals surface area contributed by atoms with Crippen molar-refractivity contribution in [3.8, 4) is 22.8 Å². The minimum Gasteiger partial charge on any atom is -0.454 e. The smallest absolute Gasteiger partial charge is 0.231 e. The minimum absolute atomic E-state index is 0.0186. The van der Waals surface area contributed by atoms with Crippen LogP contribution in [0.2, 0.25) is 0 Å². The molecule has 154 valence electrons. The summed E-state index contributed by atoms with van der Waals surface area (Å²) < 4.78 is 13.0. The van der Waals surface area contributed by atoms with Gasteiger partial charge < -0.3 is 23.8 Å². The Kier molecular flexibility index (Phi) is 4.70. The van der Waals surface area contributed by atoms with Crippen molar-refractivity contribution in [3.05, 3.63) is 30.2 Å². The molecule has 0 N–H and O–H groups in total. The molecule has 0 saturated carbocycles. The molecule has 7 heteroatoms. The van der Waals surface area contributed by atoms with E-state index in [1.54, 1.807) is 0 Å². The van der Waals surface area contributed by atoms with Gasteiger partial charge in [-0.1, -0.05) is 6.42 Å². The standard InChI is InChI=1S/C22H28N4O3/c1-24-18(15-6-7-19-20(11-15)29-14-28-19)12-23-21(24)17-10-16(22(27)25(17)2)13-26-8-4-3-5-9-26/h6-7,11-12,16-17H,3-5,8-10,13-14H2,1-2H3/t16-,17+/m0/s1. The van der Waals surface area contributed by atoms with Crippen LogP contribution in [0.1, 0.15) is 37.5 Å². The largest absolute Gasteiger partial charge is 0.454 e. The molecular formula is C22H28N4O3. The van der Waals surface area contributed by atoms with Gasteiger partial charge in [0.25, 0.3) is 0 Å². The molecule has 0 aliphatic carbocycles. The molecule has 2 aromatic rings. The van der Waals surface area contributed by atoms with E-state index in [4.69, 9.17) is 14.5 Å². The number of ether oxygens (including phenoxy) is 2. The average molecular weight is 396 g/mol. The number of hydrogen-bond acceptors (Lipinski definition) is 5. The van der Waals surface area contributed by atoms with Crippen LogP contribution in [-0.2, 0) is 11.8 Å². The predicted molar refractivity (Wildman–Crippen MR) is 109 cm³/mol. The van der Waals surface area contributed by atoms with E-state index >= 15 is 0 Å². The molecule has 2 fully saturated rings. The molecular weight excluding hydrogens is 368 g/mol. The number of rotatable bonds is 4. The molecule has 0 spiro atoms. The molecule has 3 aliphatic rings. The van der Waals surface area contributed by atoms with E-state index in [0.29, 0.717) is 0 Å². The zero-order valence-corrected chi connectivity index (χ0v) is 17.1. The second-order valence-corrected chi connectivity index (χ2v) is 8.39. The van der Waals surface area contributed by atoms with E-state index in [2.05, 4.69) is 9.47 Å². The Hall–Kier alpha value is -2.54. The van der Waals surface area contributed by atoms with Gasteiger partial charge in [0, 0.05) is 26.2 Å². The third-order valence-corrected chi connectivity index (χ3v) is 6.59. The van der Waals surface area contributed by atoms with Crippen LogP contribution in [0.5, 0.6) is 11.5 Å². The monoisotopic (exact) mass is 396 g/mol. The fourth-order valence-electron chi connectivity index (χ4n) is 4.91. The number of imidazole rings is 1. The second kappa shape index (κ2) is 7.37. The number of carbonyl (C=O) groups is 1. The number of amides is 1. The van der Waals surface area contributed by atoms with Gasteiger partial charge in [-0.05, 0) is 50.6 Å². The molecule has 4 heterocycles. The van der Waals surface area contributed by atoms with Crippen LogP contribution in [0.15, 0.2) is 24.4 Å². The molecule has 5 rings (SSSR count). The Balaban J connectivity index is 1.36. The Morgan fingerprint density at radius 2 is 1.90 bits per heavy atom. The van der Waals surface area contributed by atoms with E-state index in [1.165, 1.54) is 19.3 Å². The van der Waals surface area contributed by atoms with Crippen molar-refractivity contribution in [2.45, 2.75) is 31.7 Å². The van der Waals surface area contributed by atoms with Crippen molar-refractivity contribution in [2.24, 2.45) is 13.0 Å². The van der Waals surface area contributed by atoms with Crippen molar-refractivity contribution >= 4 is 5.91 Å². The van der Waals surface area contributed by atoms with Gasteiger partial charge in [-0.3, -0.25) is 4.79 Å². The molecule has 3 aliphatic heterocycles. The summed E-state index contributed by atoms with van der Waals surface area (Å²) in [5.41, 5.74) is 2.05. The molecule has 0 radical (unpaired) electrons. The van der Waals surface area contributed by atoms with Gasteiger partial charge in [0.1, 0.15) is 5.82 Å². The number of likely N-dealkylation sites (tertiary alicyclic amines) is 2. The van der Waals surface area contributed by atoms with Crippen molar-refractivity contribution in [1.29, 1.82) is 0 Å². The van der Waals surface area contributed by atoms with Crippen molar-refractivity contribution in [2.75, 3.05) is 33.5 Å². The van der Waals surface area contributed by atoms with Crippen LogP contribution in [0.4, 0.5) is 0 Å². The summed E-state index contributed by atoms with van der Waals surface area (Å²) in [6.45, 7) is 3.38. The Bertz CT molecular complexity index is 919. The maximum atomic E-state index is 12.9. The van der Waals surface area contributed by atoms with E-state index in [-0.39, 0.29) is 24.7 Å². The number of carbonyl (C=O) groups excluding carboxylic acids is 1. The summed E-state index contributed by atoms with van der Waals surface area (Å²) in [5.74, 6) is 2.79. The molecule has 0 unspecified atom stereocenters. The molecule has 2 atom stereocenters. The highest BCUT2D eigenvalue weighted by Crippen LogP contribution is 2.39. The molecule has 1 aromatic heterocycles. The van der Waals surface area contributed by atoms with Gasteiger partial charge in [-0.15, -0.1) is 0 Å². The topological polar surface area (TPSA) is 59.8 Å². The van der Waals surface area contributed by atoms with Gasteiger partial charge in [-0.25, -0.2) is 4.98 Å². The van der Waals surface area contributed by atoms with E-state index in [0.717, 1.165) is 54.6 Å². The van der Waals surface area contributed by atoms with Gasteiger partial charge in [0.15, 0.2) is 11.5 Å². The first-order valence-corrected chi connectivity index (χ1v) is 10.5. The van der Waals surface area contributed by atoms with Gasteiger partial charge in [0.2, 0.25) is 12.7 Å². The number of fused-ring (bicyclic) bond motifs is 1. The zero-order chi connectivity index (χ0) is 20.0. The number of nitrogens with zero attached hydrogens (tertiary/aromatic N) is 4. The highest BCUT2D eigenvalue weighted by atomic mass is 16.7. The number of aromatic nitrogens is 2. The summed E-state index contributed by atoms with van der Waals surface area (Å²) in [5, 5.41) is 0. The van der Waals surface area contributed by atoms with Crippen molar-refractivity contribution in [3.63, 3.8) is 0 Å². The Labute approximate surface area is 171 Å². The SMILES string of the molecule is CN1C(=O)[C@H](CN2CCCCC2)C[C@@H]1c1ncc(-c2ccc3c(c2)OCO3)n1C. The Morgan fingerprint density at radius 1 is 1.10 bits per heavy atom. The lowest BCUT2D eigenvalue weighted by atomic mass is 10.0. The van der Waals surface area contributed by atoms with Crippen LogP contribution < -0.4 is 9.47 Å². The van der Waals surface area contributed by atoms with Crippen LogP contribution in [0.25, 0.3) is 11.3 Å². The summed E-state index contributed by atoms with van der Waals surface area (Å²) >= 11 is 0. The van der Waals surface area contributed by atoms with E-state index < -0.39 is 0 Å². The van der Waals surface area contributed by atoms with Crippen molar-refractivity contribution in [1.82, 2.24) is 19.4 Å². The third-order valence-electron chi connectivity index (χ3n) is 6.59. The first-order valence-electron chi connectivity index (χ1n) is 10.5. The molecule has 29 heavy (non-hydrogen) atoms. The predicted octanol–water partition coefficient (Wildman–Crippen LogP) is 2.82. The van der Waals surface area contributed by atoms with Crippen LogP contribution in [-0.4, -0.2) is 58.7 Å². The minimum atomic E-state index is 0.0186. The van der Waals surface area contributed by atoms with Gasteiger partial charge >= 0.3 is 0 Å². The summed E-state index contributed by atoms with van der Waals surface area (Å²) in [7, 11) is 3.94. The highest BCUT2D eigenvalue weighted by Gasteiger charge is 2.40. The fraction of sp³-hybridized carbons (Fsp3) is 0.545. The quantitative estimate of drug-likeness (QED) is 0.795. The summed E-state index contributed by atoms with van der Waals surface area (Å²) in [6, 6.07) is 5.97. The normalized spacial score (nSPS) is 24.5. The molecule has 1 amide bonds. The molecule has 7 nitrogen and oxygen atoms in total. The first-order chi connectivity index (χ1) is 14.1. The maximum absolute atomic E-state index is 12.9. The summed E-state index contributed by atoms with van der Waals surface area (Å²) in [6.07, 6.45) is 6.53. The Morgan fingerprint density at radius 3 is 2.72 bits per heavy atom. The number of benzene rings is 1. The van der Waals surface area contributed by atoms with Crippen LogP contribution >= 0.6 is 0 Å². The second-order valence-electron chi connectivity index (χ2n) is 8.39. The maximum Gasteiger partial charge on any atom is 0.231 e. The third kappa shape index (κ3) is 3.27.